The monoisotopic (exact) mass is 236 g/mol. The molecule has 2 rings (SSSR count). The lowest BCUT2D eigenvalue weighted by Crippen LogP contribution is -2.22. The summed E-state index contributed by atoms with van der Waals surface area (Å²) in [6.45, 7) is 6.58. The molecular formula is C13H20N2O2. The van der Waals surface area contributed by atoms with Gasteiger partial charge < -0.3 is 14.8 Å². The minimum Gasteiger partial charge on any atom is -0.472 e. The van der Waals surface area contributed by atoms with Crippen LogP contribution in [-0.2, 0) is 11.3 Å². The highest BCUT2D eigenvalue weighted by Crippen LogP contribution is 2.14. The Morgan fingerprint density at radius 2 is 2.41 bits per heavy atom. The van der Waals surface area contributed by atoms with E-state index in [1.54, 1.807) is 0 Å². The molecule has 1 unspecified atom stereocenters. The van der Waals surface area contributed by atoms with Crippen molar-refractivity contribution in [3.63, 3.8) is 0 Å². The second kappa shape index (κ2) is 5.98. The molecule has 1 aliphatic rings. The van der Waals surface area contributed by atoms with E-state index in [9.17, 15) is 0 Å². The minimum atomic E-state index is 0.169. The Labute approximate surface area is 102 Å². The molecule has 1 atom stereocenters. The lowest BCUT2D eigenvalue weighted by Gasteiger charge is -2.11. The van der Waals surface area contributed by atoms with Gasteiger partial charge in [-0.05, 0) is 5.56 Å². The van der Waals surface area contributed by atoms with Gasteiger partial charge in [-0.15, -0.1) is 0 Å². The van der Waals surface area contributed by atoms with Gasteiger partial charge in [-0.1, -0.05) is 19.9 Å². The maximum Gasteiger partial charge on any atom is 0.213 e. The molecule has 4 heteroatoms. The number of aromatic nitrogens is 1. The molecule has 0 aliphatic carbocycles. The SMILES string of the molecule is CC(C)NCc1ccc(OC2CCOC2)nc1. The fourth-order valence-electron chi connectivity index (χ4n) is 1.68. The lowest BCUT2D eigenvalue weighted by molar-refractivity contribution is 0.138. The van der Waals surface area contributed by atoms with Gasteiger partial charge >= 0.3 is 0 Å². The van der Waals surface area contributed by atoms with Crippen molar-refractivity contribution in [2.75, 3.05) is 13.2 Å². The van der Waals surface area contributed by atoms with Gasteiger partial charge in [-0.2, -0.15) is 0 Å². The average Bonchev–Trinajstić information content (AvgIpc) is 2.81. The van der Waals surface area contributed by atoms with Crippen molar-refractivity contribution in [1.82, 2.24) is 10.3 Å². The number of pyridine rings is 1. The van der Waals surface area contributed by atoms with Gasteiger partial charge in [-0.3, -0.25) is 0 Å². The van der Waals surface area contributed by atoms with Crippen LogP contribution in [0.15, 0.2) is 18.3 Å². The first-order chi connectivity index (χ1) is 8.24. The normalized spacial score (nSPS) is 19.8. The van der Waals surface area contributed by atoms with Crippen molar-refractivity contribution in [1.29, 1.82) is 0 Å². The maximum atomic E-state index is 5.70. The van der Waals surface area contributed by atoms with Crippen LogP contribution in [0.25, 0.3) is 0 Å². The van der Waals surface area contributed by atoms with Gasteiger partial charge in [0.15, 0.2) is 0 Å². The molecular weight excluding hydrogens is 216 g/mol. The van der Waals surface area contributed by atoms with E-state index in [1.807, 2.05) is 18.3 Å². The van der Waals surface area contributed by atoms with Crippen molar-refractivity contribution in [3.8, 4) is 5.88 Å². The molecule has 0 bridgehead atoms. The number of hydrogen-bond donors (Lipinski definition) is 1. The van der Waals surface area contributed by atoms with E-state index >= 15 is 0 Å². The molecule has 0 radical (unpaired) electrons. The van der Waals surface area contributed by atoms with Gasteiger partial charge in [0.1, 0.15) is 6.10 Å². The summed E-state index contributed by atoms with van der Waals surface area (Å²) in [5, 5.41) is 3.35. The molecule has 1 aromatic heterocycles. The molecule has 1 aliphatic heterocycles. The molecule has 0 amide bonds. The van der Waals surface area contributed by atoms with Crippen LogP contribution in [0.5, 0.6) is 5.88 Å². The summed E-state index contributed by atoms with van der Waals surface area (Å²) in [4.78, 5) is 4.30. The molecule has 1 fully saturated rings. The van der Waals surface area contributed by atoms with Crippen LogP contribution in [0, 0.1) is 0 Å². The summed E-state index contributed by atoms with van der Waals surface area (Å²) in [6.07, 6.45) is 2.99. The Balaban J connectivity index is 1.84. The number of hydrogen-bond acceptors (Lipinski definition) is 4. The van der Waals surface area contributed by atoms with Crippen molar-refractivity contribution in [2.24, 2.45) is 0 Å². The van der Waals surface area contributed by atoms with Gasteiger partial charge in [0, 0.05) is 31.3 Å². The molecule has 1 aromatic rings. The third kappa shape index (κ3) is 3.98. The molecule has 0 spiro atoms. The summed E-state index contributed by atoms with van der Waals surface area (Å²) >= 11 is 0. The Bertz CT molecular complexity index is 332. The van der Waals surface area contributed by atoms with Crippen LogP contribution < -0.4 is 10.1 Å². The summed E-state index contributed by atoms with van der Waals surface area (Å²) in [6, 6.07) is 4.46. The Hall–Kier alpha value is -1.13. The number of rotatable bonds is 5. The molecule has 2 heterocycles. The zero-order valence-corrected chi connectivity index (χ0v) is 10.5. The van der Waals surface area contributed by atoms with Gasteiger partial charge in [-0.25, -0.2) is 4.98 Å². The highest BCUT2D eigenvalue weighted by molar-refractivity contribution is 5.18. The Morgan fingerprint density at radius 1 is 1.53 bits per heavy atom. The highest BCUT2D eigenvalue weighted by Gasteiger charge is 2.17. The standard InChI is InChI=1S/C13H20N2O2/c1-10(2)14-7-11-3-4-13(15-8-11)17-12-5-6-16-9-12/h3-4,8,10,12,14H,5-7,9H2,1-2H3. The van der Waals surface area contributed by atoms with Crippen LogP contribution >= 0.6 is 0 Å². The van der Waals surface area contributed by atoms with Crippen molar-refractivity contribution in [2.45, 2.75) is 39.0 Å². The summed E-state index contributed by atoms with van der Waals surface area (Å²) in [7, 11) is 0. The lowest BCUT2D eigenvalue weighted by atomic mass is 10.2. The van der Waals surface area contributed by atoms with Crippen LogP contribution in [0.1, 0.15) is 25.8 Å². The first-order valence-corrected chi connectivity index (χ1v) is 6.17. The van der Waals surface area contributed by atoms with E-state index in [0.717, 1.165) is 19.6 Å². The Morgan fingerprint density at radius 3 is 3.00 bits per heavy atom. The number of nitrogens with one attached hydrogen (secondary N) is 1. The molecule has 1 N–H and O–H groups in total. The van der Waals surface area contributed by atoms with E-state index in [2.05, 4.69) is 24.1 Å². The highest BCUT2D eigenvalue weighted by atomic mass is 16.5. The van der Waals surface area contributed by atoms with Crippen molar-refractivity contribution < 1.29 is 9.47 Å². The number of nitrogens with zero attached hydrogens (tertiary/aromatic N) is 1. The first-order valence-electron chi connectivity index (χ1n) is 6.17. The summed E-state index contributed by atoms with van der Waals surface area (Å²) in [5.41, 5.74) is 1.17. The van der Waals surface area contributed by atoms with E-state index in [4.69, 9.17) is 9.47 Å². The molecule has 0 aromatic carbocycles. The van der Waals surface area contributed by atoms with Gasteiger partial charge in [0.25, 0.3) is 0 Å². The predicted octanol–water partition coefficient (Wildman–Crippen LogP) is 1.75. The van der Waals surface area contributed by atoms with E-state index < -0.39 is 0 Å². The fourth-order valence-corrected chi connectivity index (χ4v) is 1.68. The minimum absolute atomic E-state index is 0.169. The predicted molar refractivity (Wildman–Crippen MR) is 66.1 cm³/mol. The summed E-state index contributed by atoms with van der Waals surface area (Å²) < 4.78 is 11.0. The fraction of sp³-hybridized carbons (Fsp3) is 0.615. The van der Waals surface area contributed by atoms with Gasteiger partial charge in [0.05, 0.1) is 13.2 Å². The Kier molecular flexibility index (Phi) is 4.34. The molecule has 17 heavy (non-hydrogen) atoms. The summed E-state index contributed by atoms with van der Waals surface area (Å²) in [5.74, 6) is 0.689. The zero-order valence-electron chi connectivity index (χ0n) is 10.5. The quantitative estimate of drug-likeness (QED) is 0.846. The molecule has 1 saturated heterocycles. The van der Waals surface area contributed by atoms with Crippen LogP contribution in [-0.4, -0.2) is 30.3 Å². The molecule has 0 saturated carbocycles. The zero-order chi connectivity index (χ0) is 12.1. The second-order valence-corrected chi connectivity index (χ2v) is 4.64. The molecule has 94 valence electrons. The smallest absolute Gasteiger partial charge is 0.213 e. The van der Waals surface area contributed by atoms with Crippen LogP contribution in [0.3, 0.4) is 0 Å². The third-order valence-corrected chi connectivity index (χ3v) is 2.69. The number of ether oxygens (including phenoxy) is 2. The van der Waals surface area contributed by atoms with Gasteiger partial charge in [0.2, 0.25) is 5.88 Å². The first kappa shape index (κ1) is 12.3. The second-order valence-electron chi connectivity index (χ2n) is 4.64. The topological polar surface area (TPSA) is 43.4 Å². The van der Waals surface area contributed by atoms with Crippen LogP contribution in [0.4, 0.5) is 0 Å². The maximum absolute atomic E-state index is 5.70. The molecule has 4 nitrogen and oxygen atoms in total. The van der Waals surface area contributed by atoms with Crippen LogP contribution in [0.2, 0.25) is 0 Å². The van der Waals surface area contributed by atoms with E-state index in [0.29, 0.717) is 18.5 Å². The van der Waals surface area contributed by atoms with E-state index in [1.165, 1.54) is 5.56 Å². The van der Waals surface area contributed by atoms with E-state index in [-0.39, 0.29) is 6.10 Å². The third-order valence-electron chi connectivity index (χ3n) is 2.69. The average molecular weight is 236 g/mol. The van der Waals surface area contributed by atoms with Crippen molar-refractivity contribution >= 4 is 0 Å². The van der Waals surface area contributed by atoms with Crippen molar-refractivity contribution in [3.05, 3.63) is 23.9 Å². The largest absolute Gasteiger partial charge is 0.472 e.